The van der Waals surface area contributed by atoms with Crippen molar-refractivity contribution in [1.82, 2.24) is 0 Å². The number of hydrogen-bond acceptors (Lipinski definition) is 1. The SMILES string of the molecule is C=CC(N)=O.C[SiH](C)C. The van der Waals surface area contributed by atoms with Gasteiger partial charge < -0.3 is 5.73 Å². The monoisotopic (exact) mass is 145 g/mol. The van der Waals surface area contributed by atoms with E-state index >= 15 is 0 Å². The Morgan fingerprint density at radius 1 is 1.56 bits per heavy atom. The fraction of sp³-hybridized carbons (Fsp3) is 0.500. The van der Waals surface area contributed by atoms with E-state index in [2.05, 4.69) is 32.0 Å². The van der Waals surface area contributed by atoms with Gasteiger partial charge in [-0.3, -0.25) is 4.79 Å². The quantitative estimate of drug-likeness (QED) is 0.429. The molecular formula is C6H15NOSi. The molecule has 0 aromatic rings. The van der Waals surface area contributed by atoms with Gasteiger partial charge in [0.25, 0.3) is 0 Å². The van der Waals surface area contributed by atoms with Crippen LogP contribution >= 0.6 is 0 Å². The van der Waals surface area contributed by atoms with Gasteiger partial charge in [0.15, 0.2) is 0 Å². The van der Waals surface area contributed by atoms with Crippen LogP contribution in [0.1, 0.15) is 0 Å². The molecule has 2 nitrogen and oxygen atoms in total. The van der Waals surface area contributed by atoms with Gasteiger partial charge in [-0.2, -0.15) is 0 Å². The summed E-state index contributed by atoms with van der Waals surface area (Å²) in [5, 5.41) is 0. The van der Waals surface area contributed by atoms with E-state index in [9.17, 15) is 4.79 Å². The average molecular weight is 145 g/mol. The number of hydrogen-bond donors (Lipinski definition) is 1. The summed E-state index contributed by atoms with van der Waals surface area (Å²) in [7, 11) is -0.139. The molecule has 0 atom stereocenters. The molecule has 0 bridgehead atoms. The minimum Gasteiger partial charge on any atom is -0.366 e. The van der Waals surface area contributed by atoms with E-state index in [1.54, 1.807) is 0 Å². The van der Waals surface area contributed by atoms with E-state index in [0.29, 0.717) is 0 Å². The first-order chi connectivity index (χ1) is 4.00. The Morgan fingerprint density at radius 3 is 1.67 bits per heavy atom. The number of amides is 1. The standard InChI is InChI=1S/C3H5NO.C3H10Si/c1-2-3(4)5;1-4(2)3/h2H,1H2,(H2,4,5);4H,1-3H3. The molecular weight excluding hydrogens is 130 g/mol. The molecule has 0 aromatic carbocycles. The van der Waals surface area contributed by atoms with Crippen LogP contribution in [0.4, 0.5) is 0 Å². The zero-order valence-electron chi connectivity index (χ0n) is 6.35. The number of carbonyl (C=O) groups excluding carboxylic acids is 1. The molecule has 0 fully saturated rings. The maximum atomic E-state index is 9.47. The summed E-state index contributed by atoms with van der Waals surface area (Å²) in [5.41, 5.74) is 4.53. The topological polar surface area (TPSA) is 43.1 Å². The molecule has 0 aliphatic carbocycles. The third-order valence-corrected chi connectivity index (χ3v) is 0.201. The molecule has 1 amide bonds. The van der Waals surface area contributed by atoms with Crippen LogP contribution in [0.25, 0.3) is 0 Å². The van der Waals surface area contributed by atoms with Gasteiger partial charge in [-0.05, 0) is 6.08 Å². The molecule has 0 heterocycles. The molecule has 0 spiro atoms. The Morgan fingerprint density at radius 2 is 1.67 bits per heavy atom. The summed E-state index contributed by atoms with van der Waals surface area (Å²) in [6.07, 6.45) is 1.06. The normalized spacial score (nSPS) is 7.56. The molecule has 9 heavy (non-hydrogen) atoms. The van der Waals surface area contributed by atoms with Gasteiger partial charge in [0.05, 0.1) is 0 Å². The van der Waals surface area contributed by atoms with Crippen LogP contribution in [0, 0.1) is 0 Å². The van der Waals surface area contributed by atoms with E-state index in [-0.39, 0.29) is 8.80 Å². The maximum Gasteiger partial charge on any atom is 0.240 e. The summed E-state index contributed by atoms with van der Waals surface area (Å²) >= 11 is 0. The lowest BCUT2D eigenvalue weighted by atomic mass is 10.6. The lowest BCUT2D eigenvalue weighted by Crippen LogP contribution is -2.04. The molecule has 0 radical (unpaired) electrons. The van der Waals surface area contributed by atoms with Crippen molar-refractivity contribution >= 4 is 14.7 Å². The Balaban J connectivity index is 0. The lowest BCUT2D eigenvalue weighted by Gasteiger charge is -1.75. The molecule has 0 saturated heterocycles. The van der Waals surface area contributed by atoms with Gasteiger partial charge in [0.2, 0.25) is 5.91 Å². The maximum absolute atomic E-state index is 9.47. The van der Waals surface area contributed by atoms with E-state index < -0.39 is 5.91 Å². The predicted octanol–water partition coefficient (Wildman–Crippen LogP) is 0.761. The zero-order valence-corrected chi connectivity index (χ0v) is 7.50. The third kappa shape index (κ3) is 107. The van der Waals surface area contributed by atoms with Gasteiger partial charge in [-0.1, -0.05) is 26.2 Å². The van der Waals surface area contributed by atoms with Crippen molar-refractivity contribution in [3.63, 3.8) is 0 Å². The van der Waals surface area contributed by atoms with Gasteiger partial charge in [-0.15, -0.1) is 0 Å². The van der Waals surface area contributed by atoms with Crippen LogP contribution in [0.3, 0.4) is 0 Å². The Hall–Kier alpha value is -0.573. The van der Waals surface area contributed by atoms with E-state index in [4.69, 9.17) is 0 Å². The predicted molar refractivity (Wildman–Crippen MR) is 44.1 cm³/mol. The van der Waals surface area contributed by atoms with Gasteiger partial charge in [0, 0.05) is 8.80 Å². The Kier molecular flexibility index (Phi) is 9.29. The van der Waals surface area contributed by atoms with Crippen molar-refractivity contribution in [1.29, 1.82) is 0 Å². The molecule has 0 aromatic heterocycles. The first-order valence-corrected chi connectivity index (χ1v) is 6.39. The summed E-state index contributed by atoms with van der Waals surface area (Å²) in [4.78, 5) is 9.47. The molecule has 2 N–H and O–H groups in total. The minimum absolute atomic E-state index is 0.139. The van der Waals surface area contributed by atoms with Crippen LogP contribution < -0.4 is 5.73 Å². The molecule has 0 unspecified atom stereocenters. The van der Waals surface area contributed by atoms with Crippen LogP contribution in [0.2, 0.25) is 19.6 Å². The largest absolute Gasteiger partial charge is 0.366 e. The minimum atomic E-state index is -0.481. The molecule has 0 aliphatic heterocycles. The zero-order chi connectivity index (χ0) is 7.86. The Bertz CT molecular complexity index is 88.3. The van der Waals surface area contributed by atoms with Gasteiger partial charge in [-0.25, -0.2) is 0 Å². The van der Waals surface area contributed by atoms with E-state index in [1.165, 1.54) is 0 Å². The molecule has 0 saturated carbocycles. The fourth-order valence-corrected chi connectivity index (χ4v) is 0. The second-order valence-corrected chi connectivity index (χ2v) is 5.80. The van der Waals surface area contributed by atoms with Crippen LogP contribution in [-0.2, 0) is 4.79 Å². The second-order valence-electron chi connectivity index (χ2n) is 2.34. The van der Waals surface area contributed by atoms with Crippen LogP contribution in [0.15, 0.2) is 12.7 Å². The number of rotatable bonds is 1. The number of carbonyl (C=O) groups is 1. The van der Waals surface area contributed by atoms with Gasteiger partial charge >= 0.3 is 0 Å². The van der Waals surface area contributed by atoms with Crippen molar-refractivity contribution in [3.05, 3.63) is 12.7 Å². The summed E-state index contributed by atoms with van der Waals surface area (Å²) in [5.74, 6) is -0.481. The highest BCUT2D eigenvalue weighted by Gasteiger charge is 1.71. The fourth-order valence-electron chi connectivity index (χ4n) is 0. The van der Waals surface area contributed by atoms with Crippen molar-refractivity contribution in [2.24, 2.45) is 5.73 Å². The summed E-state index contributed by atoms with van der Waals surface area (Å²) < 4.78 is 0. The molecule has 3 heteroatoms. The first-order valence-electron chi connectivity index (χ1n) is 2.92. The van der Waals surface area contributed by atoms with Gasteiger partial charge in [0.1, 0.15) is 0 Å². The summed E-state index contributed by atoms with van der Waals surface area (Å²) in [6, 6.07) is 0. The summed E-state index contributed by atoms with van der Waals surface area (Å²) in [6.45, 7) is 10.0. The molecule has 0 rings (SSSR count). The first kappa shape index (κ1) is 11.3. The molecule has 54 valence electrons. The molecule has 0 aliphatic rings. The van der Waals surface area contributed by atoms with Crippen LogP contribution in [-0.4, -0.2) is 14.7 Å². The van der Waals surface area contributed by atoms with Crippen molar-refractivity contribution in [3.8, 4) is 0 Å². The van der Waals surface area contributed by atoms with Crippen molar-refractivity contribution in [2.75, 3.05) is 0 Å². The number of nitrogens with two attached hydrogens (primary N) is 1. The van der Waals surface area contributed by atoms with Crippen molar-refractivity contribution in [2.45, 2.75) is 19.6 Å². The Labute approximate surface area is 58.4 Å². The highest BCUT2D eigenvalue weighted by Crippen LogP contribution is 1.68. The smallest absolute Gasteiger partial charge is 0.240 e. The van der Waals surface area contributed by atoms with Crippen LogP contribution in [0.5, 0.6) is 0 Å². The number of primary amides is 1. The van der Waals surface area contributed by atoms with E-state index in [1.807, 2.05) is 0 Å². The average Bonchev–Trinajstić information content (AvgIpc) is 1.65. The highest BCUT2D eigenvalue weighted by atomic mass is 28.3. The highest BCUT2D eigenvalue weighted by molar-refractivity contribution is 6.54. The van der Waals surface area contributed by atoms with E-state index in [0.717, 1.165) is 6.08 Å². The lowest BCUT2D eigenvalue weighted by molar-refractivity contribution is -0.113. The second kappa shape index (κ2) is 7.43. The van der Waals surface area contributed by atoms with Crippen molar-refractivity contribution < 1.29 is 4.79 Å². The third-order valence-electron chi connectivity index (χ3n) is 0.201.